The van der Waals surface area contributed by atoms with Crippen molar-refractivity contribution in [3.63, 3.8) is 0 Å². The molecule has 0 aliphatic rings. The van der Waals surface area contributed by atoms with Crippen LogP contribution in [0.5, 0.6) is 0 Å². The van der Waals surface area contributed by atoms with Crippen LogP contribution in [0.3, 0.4) is 0 Å². The van der Waals surface area contributed by atoms with Gasteiger partial charge < -0.3 is 28.0 Å². The highest BCUT2D eigenvalue weighted by Crippen LogP contribution is 2.49. The second-order valence-electron chi connectivity index (χ2n) is 6.40. The molecule has 0 fully saturated rings. The Morgan fingerprint density at radius 2 is 1.39 bits per heavy atom. The van der Waals surface area contributed by atoms with Crippen molar-refractivity contribution in [2.45, 2.75) is 47.1 Å². The molecule has 110 valence electrons. The lowest BCUT2D eigenvalue weighted by molar-refractivity contribution is -0.218. The molecule has 0 heterocycles. The molecule has 0 N–H and O–H groups in total. The Hall–Kier alpha value is 0.300. The van der Waals surface area contributed by atoms with E-state index in [1.54, 1.807) is 41.5 Å². The van der Waals surface area contributed by atoms with Crippen LogP contribution in [-0.4, -0.2) is 18.1 Å². The van der Waals surface area contributed by atoms with Gasteiger partial charge in [-0.25, -0.2) is 0 Å². The van der Waals surface area contributed by atoms with Crippen LogP contribution in [0.2, 0.25) is 0 Å². The molecule has 18 heavy (non-hydrogen) atoms. The van der Waals surface area contributed by atoms with Gasteiger partial charge in [-0.15, -0.1) is 0 Å². The number of hydrogen-bond donors (Lipinski definition) is 0. The lowest BCUT2D eigenvalue weighted by Gasteiger charge is -2.35. The van der Waals surface area contributed by atoms with Crippen molar-refractivity contribution >= 4 is 15.2 Å². The van der Waals surface area contributed by atoms with E-state index in [1.165, 1.54) is 0 Å². The van der Waals surface area contributed by atoms with Gasteiger partial charge in [0.1, 0.15) is 13.9 Å². The molecule has 0 aliphatic heterocycles. The third-order valence-corrected chi connectivity index (χ3v) is 4.83. The minimum Gasteiger partial charge on any atom is -0.778 e. The van der Waals surface area contributed by atoms with Crippen LogP contribution in [-0.2, 0) is 18.2 Å². The van der Waals surface area contributed by atoms with E-state index in [2.05, 4.69) is 4.52 Å². The summed E-state index contributed by atoms with van der Waals surface area (Å²) in [6.45, 7) is 9.85. The average Bonchev–Trinajstić information content (AvgIpc) is 1.91. The molecular formula is C10H22O6P2-2. The highest BCUT2D eigenvalue weighted by Gasteiger charge is 2.24. The molecule has 0 amide bonds. The molecule has 6 nitrogen and oxygen atoms in total. The summed E-state index contributed by atoms with van der Waals surface area (Å²) >= 11 is 0. The van der Waals surface area contributed by atoms with Crippen molar-refractivity contribution in [3.8, 4) is 0 Å². The van der Waals surface area contributed by atoms with Crippen molar-refractivity contribution in [2.24, 2.45) is 5.41 Å². The maximum atomic E-state index is 11.5. The molecule has 2 atom stereocenters. The van der Waals surface area contributed by atoms with Crippen molar-refractivity contribution in [3.05, 3.63) is 0 Å². The lowest BCUT2D eigenvalue weighted by atomic mass is 10.0. The van der Waals surface area contributed by atoms with Gasteiger partial charge in [-0.05, 0) is 26.2 Å². The first-order chi connectivity index (χ1) is 7.62. The van der Waals surface area contributed by atoms with Gasteiger partial charge >= 0.3 is 0 Å². The Morgan fingerprint density at radius 1 is 0.944 bits per heavy atom. The van der Waals surface area contributed by atoms with Gasteiger partial charge in [0.2, 0.25) is 0 Å². The third kappa shape index (κ3) is 10.2. The van der Waals surface area contributed by atoms with E-state index in [1.807, 2.05) is 0 Å². The van der Waals surface area contributed by atoms with E-state index < -0.39 is 32.6 Å². The minimum atomic E-state index is -4.32. The highest BCUT2D eigenvalue weighted by atomic mass is 31.2. The van der Waals surface area contributed by atoms with Gasteiger partial charge in [-0.3, -0.25) is 0 Å². The van der Waals surface area contributed by atoms with E-state index in [-0.39, 0.29) is 6.16 Å². The molecule has 0 bridgehead atoms. The van der Waals surface area contributed by atoms with Crippen LogP contribution >= 0.6 is 15.2 Å². The maximum absolute atomic E-state index is 11.5. The van der Waals surface area contributed by atoms with Crippen molar-refractivity contribution < 1.29 is 28.0 Å². The van der Waals surface area contributed by atoms with E-state index >= 15 is 0 Å². The summed E-state index contributed by atoms with van der Waals surface area (Å²) in [6.07, 6.45) is -1.18. The Bertz CT molecular complexity index is 330. The maximum Gasteiger partial charge on any atom is 0.161 e. The monoisotopic (exact) mass is 300 g/mol. The van der Waals surface area contributed by atoms with Gasteiger partial charge in [0.25, 0.3) is 0 Å². The standard InChI is InChI=1S/C10H24O6P2/c1-9(2,3)7-17(11,12)15-8-18(13,14)16-10(4,5)6/h7-8H2,1-6H3,(H,11,12)(H,13,14)/p-2. The van der Waals surface area contributed by atoms with Gasteiger partial charge in [-0.2, -0.15) is 0 Å². The first-order valence-electron chi connectivity index (χ1n) is 5.57. The van der Waals surface area contributed by atoms with Crippen molar-refractivity contribution in [1.29, 1.82) is 0 Å². The normalized spacial score (nSPS) is 20.2. The van der Waals surface area contributed by atoms with E-state index in [0.29, 0.717) is 0 Å². The lowest BCUT2D eigenvalue weighted by Crippen LogP contribution is -2.25. The quantitative estimate of drug-likeness (QED) is 0.719. The molecule has 0 radical (unpaired) electrons. The minimum absolute atomic E-state index is 0.227. The fourth-order valence-electron chi connectivity index (χ4n) is 1.23. The third-order valence-electron chi connectivity index (χ3n) is 1.49. The second kappa shape index (κ2) is 5.74. The summed E-state index contributed by atoms with van der Waals surface area (Å²) in [4.78, 5) is 23.0. The smallest absolute Gasteiger partial charge is 0.161 e. The largest absolute Gasteiger partial charge is 0.778 e. The van der Waals surface area contributed by atoms with Crippen LogP contribution in [0.4, 0.5) is 0 Å². The van der Waals surface area contributed by atoms with E-state index in [4.69, 9.17) is 4.52 Å². The zero-order valence-corrected chi connectivity index (χ0v) is 13.5. The van der Waals surface area contributed by atoms with E-state index in [0.717, 1.165) is 0 Å². The summed E-state index contributed by atoms with van der Waals surface area (Å²) in [5, 5.41) is 0. The van der Waals surface area contributed by atoms with Crippen LogP contribution in [0, 0.1) is 5.41 Å². The molecular weight excluding hydrogens is 278 g/mol. The first-order valence-corrected chi connectivity index (χ1v) is 9.03. The molecule has 0 aromatic carbocycles. The van der Waals surface area contributed by atoms with Gasteiger partial charge in [0.05, 0.1) is 5.60 Å². The Balaban J connectivity index is 4.49. The molecule has 0 spiro atoms. The Morgan fingerprint density at radius 3 is 1.72 bits per heavy atom. The van der Waals surface area contributed by atoms with Gasteiger partial charge in [0.15, 0.2) is 7.60 Å². The van der Waals surface area contributed by atoms with Crippen LogP contribution in [0.15, 0.2) is 0 Å². The molecule has 8 heteroatoms. The zero-order valence-electron chi connectivity index (χ0n) is 11.8. The van der Waals surface area contributed by atoms with Crippen molar-refractivity contribution in [2.75, 3.05) is 12.5 Å². The van der Waals surface area contributed by atoms with Gasteiger partial charge in [0, 0.05) is 6.16 Å². The highest BCUT2D eigenvalue weighted by molar-refractivity contribution is 7.54. The van der Waals surface area contributed by atoms with Crippen LogP contribution < -0.4 is 9.79 Å². The first kappa shape index (κ1) is 18.3. The van der Waals surface area contributed by atoms with Gasteiger partial charge in [-0.1, -0.05) is 20.8 Å². The molecule has 0 rings (SSSR count). The van der Waals surface area contributed by atoms with E-state index in [9.17, 15) is 18.9 Å². The fourth-order valence-corrected chi connectivity index (χ4v) is 4.64. The molecule has 0 aromatic rings. The Labute approximate surface area is 109 Å². The predicted octanol–water partition coefficient (Wildman–Crippen LogP) is 1.93. The number of rotatable bonds is 5. The van der Waals surface area contributed by atoms with Crippen LogP contribution in [0.25, 0.3) is 0 Å². The van der Waals surface area contributed by atoms with Crippen LogP contribution in [0.1, 0.15) is 41.5 Å². The molecule has 0 aliphatic carbocycles. The fraction of sp³-hybridized carbons (Fsp3) is 1.00. The molecule has 0 saturated carbocycles. The summed E-state index contributed by atoms with van der Waals surface area (Å²) < 4.78 is 32.3. The number of hydrogen-bond acceptors (Lipinski definition) is 6. The molecule has 0 aromatic heterocycles. The molecule has 0 saturated heterocycles. The Kier molecular flexibility index (Phi) is 5.83. The SMILES string of the molecule is CC(C)(C)CP(=O)([O-])OCP(=O)([O-])OC(C)(C)C. The summed E-state index contributed by atoms with van der Waals surface area (Å²) in [5.74, 6) is 0. The summed E-state index contributed by atoms with van der Waals surface area (Å²) in [6, 6.07) is 0. The summed E-state index contributed by atoms with van der Waals surface area (Å²) in [5.41, 5.74) is -1.40. The predicted molar refractivity (Wildman–Crippen MR) is 66.3 cm³/mol. The average molecular weight is 300 g/mol. The topological polar surface area (TPSA) is 98.7 Å². The zero-order chi connectivity index (χ0) is 14.8. The van der Waals surface area contributed by atoms with Crippen molar-refractivity contribution in [1.82, 2.24) is 0 Å². The second-order valence-corrected chi connectivity index (χ2v) is 9.86. The molecule has 2 unspecified atom stereocenters. The summed E-state index contributed by atoms with van der Waals surface area (Å²) in [7, 11) is -8.50.